The van der Waals surface area contributed by atoms with E-state index in [2.05, 4.69) is 18.7 Å². The zero-order chi connectivity index (χ0) is 21.2. The van der Waals surface area contributed by atoms with Crippen molar-refractivity contribution < 1.29 is 14.7 Å². The van der Waals surface area contributed by atoms with Gasteiger partial charge in [0, 0.05) is 12.0 Å². The third-order valence-electron chi connectivity index (χ3n) is 5.15. The Morgan fingerprint density at radius 3 is 2.21 bits per heavy atom. The van der Waals surface area contributed by atoms with Crippen LogP contribution in [0, 0.1) is 5.41 Å². The van der Waals surface area contributed by atoms with E-state index in [0.717, 1.165) is 18.5 Å². The lowest BCUT2D eigenvalue weighted by molar-refractivity contribution is -0.129. The monoisotopic (exact) mass is 386 g/mol. The third kappa shape index (κ3) is 4.64. The van der Waals surface area contributed by atoms with Crippen molar-refractivity contribution in [2.75, 3.05) is 27.2 Å². The summed E-state index contributed by atoms with van der Waals surface area (Å²) in [5, 5.41) is 10.6. The zero-order valence-corrected chi connectivity index (χ0v) is 18.2. The summed E-state index contributed by atoms with van der Waals surface area (Å²) in [6, 6.07) is 7.48. The van der Waals surface area contributed by atoms with E-state index in [1.54, 1.807) is 4.90 Å². The Bertz CT molecular complexity index is 755. The molecule has 0 bridgehead atoms. The molecule has 0 saturated carbocycles. The van der Waals surface area contributed by atoms with E-state index in [0.29, 0.717) is 12.5 Å². The van der Waals surface area contributed by atoms with Crippen molar-refractivity contribution >= 4 is 11.7 Å². The van der Waals surface area contributed by atoms with E-state index in [1.165, 1.54) is 5.56 Å². The van der Waals surface area contributed by atoms with Crippen LogP contribution in [0.25, 0.3) is 0 Å². The van der Waals surface area contributed by atoms with Gasteiger partial charge in [0.2, 0.25) is 0 Å². The van der Waals surface area contributed by atoms with Gasteiger partial charge in [-0.1, -0.05) is 58.9 Å². The number of ketones is 1. The number of Topliss-reactive ketones (excluding diaryl/α,β-unsaturated/α-hetero) is 1. The highest BCUT2D eigenvalue weighted by Crippen LogP contribution is 2.41. The van der Waals surface area contributed by atoms with Crippen LogP contribution in [-0.2, 0) is 9.59 Å². The van der Waals surface area contributed by atoms with Crippen LogP contribution in [0.1, 0.15) is 64.1 Å². The van der Waals surface area contributed by atoms with Crippen LogP contribution < -0.4 is 0 Å². The number of carbonyl (C=O) groups is 2. The second-order valence-corrected chi connectivity index (χ2v) is 9.22. The number of aliphatic hydroxyl groups excluding tert-OH is 1. The first-order valence-electron chi connectivity index (χ1n) is 9.98. The van der Waals surface area contributed by atoms with Gasteiger partial charge in [-0.15, -0.1) is 0 Å². The molecular formula is C23H34N2O3. The number of hydrogen-bond acceptors (Lipinski definition) is 4. The summed E-state index contributed by atoms with van der Waals surface area (Å²) >= 11 is 0. The van der Waals surface area contributed by atoms with Crippen LogP contribution in [0.15, 0.2) is 35.6 Å². The lowest BCUT2D eigenvalue weighted by Crippen LogP contribution is -2.34. The van der Waals surface area contributed by atoms with Crippen LogP contribution in [0.5, 0.6) is 0 Å². The summed E-state index contributed by atoms with van der Waals surface area (Å²) in [4.78, 5) is 29.6. The highest BCUT2D eigenvalue weighted by Gasteiger charge is 2.45. The van der Waals surface area contributed by atoms with Crippen molar-refractivity contribution in [3.8, 4) is 0 Å². The minimum absolute atomic E-state index is 0.189. The molecule has 2 rings (SSSR count). The van der Waals surface area contributed by atoms with Gasteiger partial charge in [0.05, 0.1) is 11.6 Å². The lowest BCUT2D eigenvalue weighted by atomic mass is 9.82. The van der Waals surface area contributed by atoms with Gasteiger partial charge < -0.3 is 14.9 Å². The average Bonchev–Trinajstić information content (AvgIpc) is 2.85. The molecule has 0 aliphatic carbocycles. The fraction of sp³-hybridized carbons (Fsp3) is 0.565. The van der Waals surface area contributed by atoms with Crippen LogP contribution >= 0.6 is 0 Å². The molecule has 0 fully saturated rings. The van der Waals surface area contributed by atoms with Crippen molar-refractivity contribution in [3.63, 3.8) is 0 Å². The molecule has 1 aliphatic rings. The smallest absolute Gasteiger partial charge is 0.290 e. The minimum Gasteiger partial charge on any atom is -0.503 e. The van der Waals surface area contributed by atoms with Crippen molar-refractivity contribution in [1.29, 1.82) is 0 Å². The zero-order valence-electron chi connectivity index (χ0n) is 18.2. The molecule has 1 aliphatic heterocycles. The maximum Gasteiger partial charge on any atom is 0.290 e. The first-order valence-corrected chi connectivity index (χ1v) is 9.98. The fourth-order valence-corrected chi connectivity index (χ4v) is 3.49. The minimum atomic E-state index is -0.681. The van der Waals surface area contributed by atoms with E-state index in [9.17, 15) is 14.7 Å². The van der Waals surface area contributed by atoms with E-state index in [4.69, 9.17) is 0 Å². The van der Waals surface area contributed by atoms with Gasteiger partial charge in [-0.3, -0.25) is 9.59 Å². The highest BCUT2D eigenvalue weighted by atomic mass is 16.3. The first kappa shape index (κ1) is 22.2. The summed E-state index contributed by atoms with van der Waals surface area (Å²) in [5.41, 5.74) is 1.60. The Hall–Kier alpha value is -2.14. The molecule has 154 valence electrons. The number of aliphatic hydroxyl groups is 1. The Balaban J connectivity index is 2.46. The number of nitrogens with zero attached hydrogens (tertiary/aromatic N) is 2. The molecule has 1 aromatic carbocycles. The van der Waals surface area contributed by atoms with Crippen LogP contribution in [0.4, 0.5) is 0 Å². The molecule has 0 radical (unpaired) electrons. The van der Waals surface area contributed by atoms with Gasteiger partial charge >= 0.3 is 0 Å². The van der Waals surface area contributed by atoms with Gasteiger partial charge in [0.1, 0.15) is 0 Å². The first-order chi connectivity index (χ1) is 12.9. The van der Waals surface area contributed by atoms with E-state index >= 15 is 0 Å². The van der Waals surface area contributed by atoms with Gasteiger partial charge in [0.25, 0.3) is 5.91 Å². The van der Waals surface area contributed by atoms with Crippen molar-refractivity contribution in [3.05, 3.63) is 46.7 Å². The maximum atomic E-state index is 13.1. The summed E-state index contributed by atoms with van der Waals surface area (Å²) in [6.07, 6.45) is 0.767. The standard InChI is InChI=1S/C23H34N2O3/c1-15(2)16-9-11-17(12-10-16)19-18(21(27)23(3,4)5)20(26)22(28)25(19)14-8-13-24(6)7/h9-12,15,19,26H,8,13-14H2,1-7H3. The van der Waals surface area contributed by atoms with E-state index in [-0.39, 0.29) is 11.4 Å². The Morgan fingerprint density at radius 1 is 1.18 bits per heavy atom. The topological polar surface area (TPSA) is 60.9 Å². The fourth-order valence-electron chi connectivity index (χ4n) is 3.49. The third-order valence-corrected chi connectivity index (χ3v) is 5.15. The second kappa shape index (κ2) is 8.48. The number of rotatable bonds is 7. The molecule has 1 aromatic rings. The predicted molar refractivity (Wildman–Crippen MR) is 112 cm³/mol. The number of benzene rings is 1. The highest BCUT2D eigenvalue weighted by molar-refractivity contribution is 6.10. The SMILES string of the molecule is CC(C)c1ccc(C2C(C(=O)C(C)(C)C)=C(O)C(=O)N2CCCN(C)C)cc1. The Morgan fingerprint density at radius 2 is 1.75 bits per heavy atom. The quantitative estimate of drug-likeness (QED) is 0.767. The predicted octanol–water partition coefficient (Wildman–Crippen LogP) is 4.07. The van der Waals surface area contributed by atoms with Crippen LogP contribution in [0.2, 0.25) is 0 Å². The Labute approximate surface area is 169 Å². The summed E-state index contributed by atoms with van der Waals surface area (Å²) < 4.78 is 0. The van der Waals surface area contributed by atoms with Gasteiger partial charge in [0.15, 0.2) is 11.5 Å². The molecule has 5 nitrogen and oxygen atoms in total. The summed E-state index contributed by atoms with van der Waals surface area (Å²) in [5.74, 6) is -0.645. The van der Waals surface area contributed by atoms with Gasteiger partial charge in [-0.05, 0) is 44.1 Å². The average molecular weight is 387 g/mol. The van der Waals surface area contributed by atoms with Crippen molar-refractivity contribution in [1.82, 2.24) is 9.80 Å². The van der Waals surface area contributed by atoms with Gasteiger partial charge in [-0.25, -0.2) is 0 Å². The van der Waals surface area contributed by atoms with Crippen LogP contribution in [-0.4, -0.2) is 53.8 Å². The molecule has 5 heteroatoms. The molecule has 0 aromatic heterocycles. The molecule has 1 N–H and O–H groups in total. The van der Waals surface area contributed by atoms with E-state index < -0.39 is 23.1 Å². The summed E-state index contributed by atoms with van der Waals surface area (Å²) in [6.45, 7) is 11.0. The van der Waals surface area contributed by atoms with E-state index in [1.807, 2.05) is 59.1 Å². The molecule has 1 heterocycles. The molecule has 0 spiro atoms. The molecular weight excluding hydrogens is 352 g/mol. The normalized spacial score (nSPS) is 18.0. The molecule has 0 saturated heterocycles. The summed E-state index contributed by atoms with van der Waals surface area (Å²) in [7, 11) is 3.97. The number of amides is 1. The maximum absolute atomic E-state index is 13.1. The largest absolute Gasteiger partial charge is 0.503 e. The molecule has 28 heavy (non-hydrogen) atoms. The van der Waals surface area contributed by atoms with Crippen LogP contribution in [0.3, 0.4) is 0 Å². The molecule has 1 atom stereocenters. The van der Waals surface area contributed by atoms with Gasteiger partial charge in [-0.2, -0.15) is 0 Å². The molecule has 1 unspecified atom stereocenters. The number of carbonyl (C=O) groups excluding carboxylic acids is 2. The Kier molecular flexibility index (Phi) is 6.71. The number of hydrogen-bond donors (Lipinski definition) is 1. The second-order valence-electron chi connectivity index (χ2n) is 9.22. The molecule has 1 amide bonds. The van der Waals surface area contributed by atoms with Crippen molar-refractivity contribution in [2.45, 2.75) is 53.0 Å². The lowest BCUT2D eigenvalue weighted by Gasteiger charge is -2.29. The van der Waals surface area contributed by atoms with Crippen molar-refractivity contribution in [2.24, 2.45) is 5.41 Å².